The topological polar surface area (TPSA) is 18.5 Å². The zero-order valence-electron chi connectivity index (χ0n) is 11.6. The summed E-state index contributed by atoms with van der Waals surface area (Å²) in [6.45, 7) is 1.75. The molecule has 0 spiro atoms. The highest BCUT2D eigenvalue weighted by Gasteiger charge is 2.14. The lowest BCUT2D eigenvalue weighted by atomic mass is 10.2. The van der Waals surface area contributed by atoms with E-state index in [1.165, 1.54) is 36.9 Å². The van der Waals surface area contributed by atoms with Crippen molar-refractivity contribution in [3.05, 3.63) is 30.3 Å². The minimum atomic E-state index is 0.0968. The summed E-state index contributed by atoms with van der Waals surface area (Å²) in [6.07, 6.45) is 7.46. The Labute approximate surface area is 119 Å². The van der Waals surface area contributed by atoms with Gasteiger partial charge in [-0.25, -0.2) is 0 Å². The highest BCUT2D eigenvalue weighted by Crippen LogP contribution is 2.13. The van der Waals surface area contributed by atoms with Gasteiger partial charge in [0.1, 0.15) is 0 Å². The highest BCUT2D eigenvalue weighted by molar-refractivity contribution is 6.53. The molecule has 19 heavy (non-hydrogen) atoms. The quantitative estimate of drug-likeness (QED) is 0.509. The van der Waals surface area contributed by atoms with Gasteiger partial charge in [-0.2, -0.15) is 0 Å². The van der Waals surface area contributed by atoms with Crippen LogP contribution in [0.15, 0.2) is 30.3 Å². The minimum Gasteiger partial charge on any atom is -0.353 e. The van der Waals surface area contributed by atoms with Crippen molar-refractivity contribution >= 4 is 14.7 Å². The first-order chi connectivity index (χ1) is 9.45. The Morgan fingerprint density at radius 1 is 1.11 bits per heavy atom. The van der Waals surface area contributed by atoms with Crippen LogP contribution >= 0.6 is 0 Å². The Bertz CT molecular complexity index is 323. The lowest BCUT2D eigenvalue weighted by molar-refractivity contribution is -0.111. The predicted molar refractivity (Wildman–Crippen MR) is 80.0 cm³/mol. The average Bonchev–Trinajstić information content (AvgIpc) is 2.96. The fraction of sp³-hybridized carbons (Fsp3) is 0.625. The van der Waals surface area contributed by atoms with Gasteiger partial charge < -0.3 is 9.47 Å². The van der Waals surface area contributed by atoms with E-state index in [4.69, 9.17) is 9.47 Å². The molecule has 1 fully saturated rings. The Morgan fingerprint density at radius 3 is 2.74 bits per heavy atom. The van der Waals surface area contributed by atoms with E-state index in [2.05, 4.69) is 30.3 Å². The number of hydrogen-bond acceptors (Lipinski definition) is 2. The third-order valence-corrected chi connectivity index (χ3v) is 4.71. The normalized spacial score (nSPS) is 18.8. The van der Waals surface area contributed by atoms with Gasteiger partial charge in [-0.1, -0.05) is 60.8 Å². The summed E-state index contributed by atoms with van der Waals surface area (Å²) in [5.41, 5.74) is 0. The molecular weight excluding hydrogens is 252 g/mol. The van der Waals surface area contributed by atoms with Gasteiger partial charge in [-0.05, 0) is 12.8 Å². The largest absolute Gasteiger partial charge is 0.353 e. The molecule has 104 valence electrons. The van der Waals surface area contributed by atoms with Gasteiger partial charge in [-0.15, -0.1) is 0 Å². The van der Waals surface area contributed by atoms with E-state index in [9.17, 15) is 0 Å². The van der Waals surface area contributed by atoms with Crippen LogP contribution in [0.1, 0.15) is 38.5 Å². The Kier molecular flexibility index (Phi) is 7.22. The lowest BCUT2D eigenvalue weighted by Crippen LogP contribution is -2.12. The molecule has 3 heteroatoms. The van der Waals surface area contributed by atoms with Crippen LogP contribution < -0.4 is 5.19 Å². The number of rotatable bonds is 9. The number of unbranched alkanes of at least 4 members (excludes halogenated alkanes) is 3. The molecule has 0 amide bonds. The molecule has 1 aromatic rings. The van der Waals surface area contributed by atoms with Crippen LogP contribution in [0.25, 0.3) is 0 Å². The molecule has 1 heterocycles. The SMILES string of the molecule is c1ccc([Si]CCCCCCOC2CCCO2)cc1. The summed E-state index contributed by atoms with van der Waals surface area (Å²) >= 11 is 0. The van der Waals surface area contributed by atoms with Crippen molar-refractivity contribution in [3.8, 4) is 0 Å². The van der Waals surface area contributed by atoms with Crippen molar-refractivity contribution in [2.24, 2.45) is 0 Å². The van der Waals surface area contributed by atoms with E-state index in [-0.39, 0.29) is 6.29 Å². The van der Waals surface area contributed by atoms with Gasteiger partial charge in [0.05, 0.1) is 9.52 Å². The third-order valence-electron chi connectivity index (χ3n) is 3.37. The molecule has 0 bridgehead atoms. The monoisotopic (exact) mass is 276 g/mol. The minimum absolute atomic E-state index is 0.0968. The summed E-state index contributed by atoms with van der Waals surface area (Å²) in [5.74, 6) is 0. The van der Waals surface area contributed by atoms with Crippen LogP contribution in [-0.4, -0.2) is 29.0 Å². The fourth-order valence-corrected chi connectivity index (χ4v) is 3.41. The van der Waals surface area contributed by atoms with Crippen LogP contribution in [0.5, 0.6) is 0 Å². The van der Waals surface area contributed by atoms with E-state index >= 15 is 0 Å². The average molecular weight is 276 g/mol. The molecule has 2 radical (unpaired) electrons. The van der Waals surface area contributed by atoms with Gasteiger partial charge in [-0.3, -0.25) is 0 Å². The van der Waals surface area contributed by atoms with Crippen molar-refractivity contribution in [2.45, 2.75) is 50.9 Å². The van der Waals surface area contributed by atoms with Gasteiger partial charge in [0.2, 0.25) is 0 Å². The maximum absolute atomic E-state index is 5.66. The molecule has 1 unspecified atom stereocenters. The summed E-state index contributed by atoms with van der Waals surface area (Å²) < 4.78 is 11.1. The van der Waals surface area contributed by atoms with Gasteiger partial charge in [0.15, 0.2) is 6.29 Å². The van der Waals surface area contributed by atoms with E-state index in [1.54, 1.807) is 0 Å². The molecule has 1 aromatic carbocycles. The summed E-state index contributed by atoms with van der Waals surface area (Å²) in [6, 6.07) is 12.1. The number of benzene rings is 1. The first kappa shape index (κ1) is 14.8. The van der Waals surface area contributed by atoms with Crippen LogP contribution in [0.2, 0.25) is 6.04 Å². The molecule has 1 aliphatic heterocycles. The van der Waals surface area contributed by atoms with Crippen molar-refractivity contribution in [1.82, 2.24) is 0 Å². The molecular formula is C16H24O2Si. The molecule has 0 aliphatic carbocycles. The zero-order chi connectivity index (χ0) is 13.2. The molecule has 2 nitrogen and oxygen atoms in total. The summed E-state index contributed by atoms with van der Waals surface area (Å²) in [5, 5.41) is 1.49. The maximum atomic E-state index is 5.66. The van der Waals surface area contributed by atoms with E-state index in [0.717, 1.165) is 35.6 Å². The fourth-order valence-electron chi connectivity index (χ4n) is 2.26. The van der Waals surface area contributed by atoms with Crippen LogP contribution in [-0.2, 0) is 9.47 Å². The van der Waals surface area contributed by atoms with Crippen molar-refractivity contribution in [1.29, 1.82) is 0 Å². The second kappa shape index (κ2) is 9.29. The second-order valence-corrected chi connectivity index (χ2v) is 6.45. The molecule has 1 atom stereocenters. The first-order valence-corrected chi connectivity index (χ1v) is 8.68. The second-order valence-electron chi connectivity index (χ2n) is 5.02. The zero-order valence-corrected chi connectivity index (χ0v) is 12.6. The van der Waals surface area contributed by atoms with E-state index in [1.807, 2.05) is 0 Å². The summed E-state index contributed by atoms with van der Waals surface area (Å²) in [7, 11) is 0.970. The van der Waals surface area contributed by atoms with E-state index in [0.29, 0.717) is 0 Å². The third kappa shape index (κ3) is 6.37. The highest BCUT2D eigenvalue weighted by atomic mass is 28.2. The summed E-state index contributed by atoms with van der Waals surface area (Å²) in [4.78, 5) is 0. The molecule has 1 saturated heterocycles. The molecule has 2 rings (SSSR count). The van der Waals surface area contributed by atoms with Crippen LogP contribution in [0, 0.1) is 0 Å². The smallest absolute Gasteiger partial charge is 0.157 e. The molecule has 0 N–H and O–H groups in total. The van der Waals surface area contributed by atoms with Crippen molar-refractivity contribution in [2.75, 3.05) is 13.2 Å². The van der Waals surface area contributed by atoms with Gasteiger partial charge >= 0.3 is 0 Å². The Balaban J connectivity index is 1.38. The van der Waals surface area contributed by atoms with Gasteiger partial charge in [0.25, 0.3) is 0 Å². The molecule has 0 aromatic heterocycles. The first-order valence-electron chi connectivity index (χ1n) is 7.47. The molecule has 1 aliphatic rings. The number of ether oxygens (including phenoxy) is 2. The van der Waals surface area contributed by atoms with Crippen molar-refractivity contribution in [3.63, 3.8) is 0 Å². The standard InChI is InChI=1S/C16H24O2Si/c1(6-12-17-16-11-8-13-18-16)2-7-14-19-15-9-4-3-5-10-15/h3-5,9-10,16H,1-2,6-8,11-14H2. The van der Waals surface area contributed by atoms with Crippen LogP contribution in [0.3, 0.4) is 0 Å². The molecule has 0 saturated carbocycles. The maximum Gasteiger partial charge on any atom is 0.157 e. The van der Waals surface area contributed by atoms with Gasteiger partial charge in [0, 0.05) is 19.6 Å². The van der Waals surface area contributed by atoms with Crippen LogP contribution in [0.4, 0.5) is 0 Å². The lowest BCUT2D eigenvalue weighted by Gasteiger charge is -2.10. The predicted octanol–water partition coefficient (Wildman–Crippen LogP) is 3.15. The van der Waals surface area contributed by atoms with E-state index < -0.39 is 0 Å². The Morgan fingerprint density at radius 2 is 1.95 bits per heavy atom. The Hall–Kier alpha value is -0.643. The number of hydrogen-bond donors (Lipinski definition) is 0. The van der Waals surface area contributed by atoms with Crippen molar-refractivity contribution < 1.29 is 9.47 Å².